The van der Waals surface area contributed by atoms with Crippen molar-refractivity contribution in [1.29, 1.82) is 0 Å². The fraction of sp³-hybridized carbons (Fsp3) is 1.00. The molecule has 1 heterocycles. The fourth-order valence-corrected chi connectivity index (χ4v) is 4.70. The molecule has 2 atom stereocenters. The maximum absolute atomic E-state index is 11.3. The van der Waals surface area contributed by atoms with Crippen molar-refractivity contribution in [2.24, 2.45) is 17.7 Å². The van der Waals surface area contributed by atoms with E-state index in [0.717, 1.165) is 25.2 Å². The van der Waals surface area contributed by atoms with Crippen LogP contribution in [0.1, 0.15) is 38.5 Å². The standard InChI is InChI=1S/C11H22N2O2S/c12-13-11(6-9-2-1-3-9)7-10-4-5-16(14,15)8-10/h9-11,13H,1-8,12H2. The predicted molar refractivity (Wildman–Crippen MR) is 64.4 cm³/mol. The fourth-order valence-electron chi connectivity index (χ4n) is 2.82. The second-order valence-corrected chi connectivity index (χ2v) is 7.63. The first-order valence-corrected chi connectivity index (χ1v) is 8.08. The van der Waals surface area contributed by atoms with Gasteiger partial charge in [-0.15, -0.1) is 0 Å². The van der Waals surface area contributed by atoms with E-state index >= 15 is 0 Å². The summed E-state index contributed by atoms with van der Waals surface area (Å²) >= 11 is 0. The normalized spacial score (nSPS) is 31.2. The average molecular weight is 246 g/mol. The van der Waals surface area contributed by atoms with Crippen LogP contribution in [0.5, 0.6) is 0 Å². The van der Waals surface area contributed by atoms with E-state index < -0.39 is 9.84 Å². The third-order valence-electron chi connectivity index (χ3n) is 4.02. The lowest BCUT2D eigenvalue weighted by Gasteiger charge is -2.30. The van der Waals surface area contributed by atoms with E-state index in [-0.39, 0.29) is 0 Å². The Morgan fingerprint density at radius 2 is 1.88 bits per heavy atom. The van der Waals surface area contributed by atoms with Crippen LogP contribution in [0, 0.1) is 11.8 Å². The molecule has 0 aromatic rings. The third kappa shape index (κ3) is 3.18. The van der Waals surface area contributed by atoms with Gasteiger partial charge in [0.1, 0.15) is 0 Å². The van der Waals surface area contributed by atoms with Crippen LogP contribution in [0.3, 0.4) is 0 Å². The maximum Gasteiger partial charge on any atom is 0.150 e. The number of nitrogens with one attached hydrogen (secondary N) is 1. The Bertz CT molecular complexity index is 325. The summed E-state index contributed by atoms with van der Waals surface area (Å²) in [6.45, 7) is 0. The molecule has 4 nitrogen and oxygen atoms in total. The van der Waals surface area contributed by atoms with Gasteiger partial charge in [0.15, 0.2) is 9.84 Å². The quantitative estimate of drug-likeness (QED) is 0.557. The molecular formula is C11H22N2O2S. The van der Waals surface area contributed by atoms with Crippen LogP contribution in [0.25, 0.3) is 0 Å². The Balaban J connectivity index is 1.77. The van der Waals surface area contributed by atoms with Crippen molar-refractivity contribution in [2.75, 3.05) is 11.5 Å². The van der Waals surface area contributed by atoms with Crippen LogP contribution < -0.4 is 11.3 Å². The van der Waals surface area contributed by atoms with E-state index in [1.807, 2.05) is 0 Å². The van der Waals surface area contributed by atoms with Gasteiger partial charge in [-0.2, -0.15) is 0 Å². The molecule has 2 rings (SSSR count). The van der Waals surface area contributed by atoms with Crippen molar-refractivity contribution >= 4 is 9.84 Å². The Hall–Kier alpha value is -0.130. The zero-order chi connectivity index (χ0) is 11.6. The maximum atomic E-state index is 11.3. The molecular weight excluding hydrogens is 224 g/mol. The summed E-state index contributed by atoms with van der Waals surface area (Å²) in [6, 6.07) is 0.309. The van der Waals surface area contributed by atoms with Crippen molar-refractivity contribution in [3.05, 3.63) is 0 Å². The van der Waals surface area contributed by atoms with E-state index in [1.54, 1.807) is 0 Å². The Morgan fingerprint density at radius 1 is 1.19 bits per heavy atom. The topological polar surface area (TPSA) is 72.2 Å². The molecule has 2 unspecified atom stereocenters. The summed E-state index contributed by atoms with van der Waals surface area (Å²) < 4.78 is 22.7. The smallest absolute Gasteiger partial charge is 0.150 e. The zero-order valence-corrected chi connectivity index (χ0v) is 10.5. The van der Waals surface area contributed by atoms with Crippen molar-refractivity contribution in [1.82, 2.24) is 5.43 Å². The van der Waals surface area contributed by atoms with Gasteiger partial charge in [0.2, 0.25) is 0 Å². The van der Waals surface area contributed by atoms with E-state index in [1.165, 1.54) is 19.3 Å². The molecule has 1 aliphatic heterocycles. The number of hydrazine groups is 1. The average Bonchev–Trinajstić information content (AvgIpc) is 2.49. The second kappa shape index (κ2) is 5.02. The molecule has 1 aliphatic carbocycles. The van der Waals surface area contributed by atoms with Gasteiger partial charge >= 0.3 is 0 Å². The van der Waals surface area contributed by atoms with Crippen LogP contribution in [-0.4, -0.2) is 26.0 Å². The van der Waals surface area contributed by atoms with Crippen LogP contribution in [0.15, 0.2) is 0 Å². The van der Waals surface area contributed by atoms with Crippen LogP contribution in [0.2, 0.25) is 0 Å². The molecule has 0 radical (unpaired) electrons. The largest absolute Gasteiger partial charge is 0.271 e. The first-order chi connectivity index (χ1) is 7.59. The van der Waals surface area contributed by atoms with Crippen LogP contribution >= 0.6 is 0 Å². The lowest BCUT2D eigenvalue weighted by Crippen LogP contribution is -2.39. The minimum atomic E-state index is -2.74. The van der Waals surface area contributed by atoms with Crippen LogP contribution in [-0.2, 0) is 9.84 Å². The summed E-state index contributed by atoms with van der Waals surface area (Å²) in [5.41, 5.74) is 2.86. The number of rotatable bonds is 5. The lowest BCUT2D eigenvalue weighted by atomic mass is 9.79. The van der Waals surface area contributed by atoms with Gasteiger partial charge in [0.05, 0.1) is 11.5 Å². The molecule has 2 aliphatic rings. The van der Waals surface area contributed by atoms with Gasteiger partial charge in [-0.25, -0.2) is 8.42 Å². The number of hydrogen-bond donors (Lipinski definition) is 2. The molecule has 94 valence electrons. The van der Waals surface area contributed by atoms with Gasteiger partial charge in [-0.3, -0.25) is 11.3 Å². The minimum Gasteiger partial charge on any atom is -0.271 e. The molecule has 0 amide bonds. The number of sulfone groups is 1. The highest BCUT2D eigenvalue weighted by molar-refractivity contribution is 7.91. The van der Waals surface area contributed by atoms with Gasteiger partial charge in [-0.1, -0.05) is 19.3 Å². The van der Waals surface area contributed by atoms with Crippen molar-refractivity contribution in [2.45, 2.75) is 44.6 Å². The number of hydrogen-bond acceptors (Lipinski definition) is 4. The first kappa shape index (κ1) is 12.3. The highest BCUT2D eigenvalue weighted by Crippen LogP contribution is 2.32. The highest BCUT2D eigenvalue weighted by Gasteiger charge is 2.30. The van der Waals surface area contributed by atoms with Gasteiger partial charge in [0.25, 0.3) is 0 Å². The highest BCUT2D eigenvalue weighted by atomic mass is 32.2. The monoisotopic (exact) mass is 246 g/mol. The van der Waals surface area contributed by atoms with Crippen LogP contribution in [0.4, 0.5) is 0 Å². The SMILES string of the molecule is NNC(CC1CCC1)CC1CCS(=O)(=O)C1. The van der Waals surface area contributed by atoms with E-state index in [2.05, 4.69) is 5.43 Å². The Labute approximate surface area is 97.9 Å². The molecule has 16 heavy (non-hydrogen) atoms. The lowest BCUT2D eigenvalue weighted by molar-refractivity contribution is 0.244. The molecule has 0 spiro atoms. The molecule has 0 aromatic heterocycles. The minimum absolute atomic E-state index is 0.309. The van der Waals surface area contributed by atoms with Gasteiger partial charge in [-0.05, 0) is 31.1 Å². The molecule has 0 aromatic carbocycles. The predicted octanol–water partition coefficient (Wildman–Crippen LogP) is 0.833. The summed E-state index contributed by atoms with van der Waals surface area (Å²) in [5, 5.41) is 0. The Morgan fingerprint density at radius 3 is 2.31 bits per heavy atom. The third-order valence-corrected chi connectivity index (χ3v) is 5.86. The van der Waals surface area contributed by atoms with Gasteiger partial charge < -0.3 is 0 Å². The van der Waals surface area contributed by atoms with Crippen molar-refractivity contribution < 1.29 is 8.42 Å². The van der Waals surface area contributed by atoms with Crippen molar-refractivity contribution in [3.8, 4) is 0 Å². The summed E-state index contributed by atoms with van der Waals surface area (Å²) in [7, 11) is -2.74. The molecule has 5 heteroatoms. The second-order valence-electron chi connectivity index (χ2n) is 5.40. The van der Waals surface area contributed by atoms with E-state index in [0.29, 0.717) is 23.5 Å². The summed E-state index contributed by atoms with van der Waals surface area (Å²) in [4.78, 5) is 0. The molecule has 2 fully saturated rings. The van der Waals surface area contributed by atoms with Crippen molar-refractivity contribution in [3.63, 3.8) is 0 Å². The molecule has 0 bridgehead atoms. The zero-order valence-electron chi connectivity index (χ0n) is 9.69. The molecule has 3 N–H and O–H groups in total. The molecule has 1 saturated carbocycles. The van der Waals surface area contributed by atoms with E-state index in [9.17, 15) is 8.42 Å². The summed E-state index contributed by atoms with van der Waals surface area (Å²) in [5.74, 6) is 7.43. The number of nitrogens with two attached hydrogens (primary N) is 1. The van der Waals surface area contributed by atoms with Gasteiger partial charge in [0, 0.05) is 6.04 Å². The summed E-state index contributed by atoms with van der Waals surface area (Å²) in [6.07, 6.45) is 6.85. The van der Waals surface area contributed by atoms with E-state index in [4.69, 9.17) is 5.84 Å². The molecule has 1 saturated heterocycles. The first-order valence-electron chi connectivity index (χ1n) is 6.25. The Kier molecular flexibility index (Phi) is 3.87.